The average Bonchev–Trinajstić information content (AvgIpc) is 3.06. The normalized spacial score (nSPS) is 16.3. The predicted molar refractivity (Wildman–Crippen MR) is 85.9 cm³/mol. The second-order valence-corrected chi connectivity index (χ2v) is 7.87. The minimum atomic E-state index is -3.62. The SMILES string of the molecule is CN(CCN(C)S(=O)(=O)c1ccccc1C#N)C1CCCC1. The van der Waals surface area contributed by atoms with Crippen molar-refractivity contribution in [3.63, 3.8) is 0 Å². The van der Waals surface area contributed by atoms with Gasteiger partial charge in [-0.05, 0) is 32.0 Å². The summed E-state index contributed by atoms with van der Waals surface area (Å²) in [6.07, 6.45) is 4.92. The third kappa shape index (κ3) is 3.67. The van der Waals surface area contributed by atoms with E-state index in [2.05, 4.69) is 11.9 Å². The summed E-state index contributed by atoms with van der Waals surface area (Å²) < 4.78 is 26.5. The molecule has 0 bridgehead atoms. The van der Waals surface area contributed by atoms with E-state index in [-0.39, 0.29) is 10.5 Å². The number of benzene rings is 1. The Kier molecular flexibility index (Phi) is 5.57. The Morgan fingerprint density at radius 2 is 1.82 bits per heavy atom. The number of hydrogen-bond donors (Lipinski definition) is 0. The van der Waals surface area contributed by atoms with Crippen molar-refractivity contribution in [3.05, 3.63) is 29.8 Å². The Morgan fingerprint density at radius 3 is 2.45 bits per heavy atom. The van der Waals surface area contributed by atoms with E-state index in [0.717, 1.165) is 0 Å². The fourth-order valence-electron chi connectivity index (χ4n) is 2.90. The van der Waals surface area contributed by atoms with Crippen LogP contribution in [0.2, 0.25) is 0 Å². The van der Waals surface area contributed by atoms with Crippen LogP contribution < -0.4 is 0 Å². The molecule has 2 rings (SSSR count). The molecule has 0 spiro atoms. The molecule has 1 aliphatic carbocycles. The standard InChI is InChI=1S/C16H23N3O2S/c1-18(15-8-4-5-9-15)11-12-19(2)22(20,21)16-10-6-3-7-14(16)13-17/h3,6-7,10,15H,4-5,8-9,11-12H2,1-2H3. The molecule has 5 nitrogen and oxygen atoms in total. The molecule has 1 saturated carbocycles. The largest absolute Gasteiger partial charge is 0.302 e. The van der Waals surface area contributed by atoms with E-state index >= 15 is 0 Å². The van der Waals surface area contributed by atoms with Gasteiger partial charge in [-0.25, -0.2) is 8.42 Å². The van der Waals surface area contributed by atoms with Crippen molar-refractivity contribution in [1.82, 2.24) is 9.21 Å². The maximum atomic E-state index is 12.6. The smallest absolute Gasteiger partial charge is 0.244 e. The molecule has 0 heterocycles. The first-order chi connectivity index (χ1) is 10.5. The average molecular weight is 321 g/mol. The number of nitriles is 1. The van der Waals surface area contributed by atoms with Crippen LogP contribution in [0, 0.1) is 11.3 Å². The van der Waals surface area contributed by atoms with Gasteiger partial charge in [-0.2, -0.15) is 9.57 Å². The maximum absolute atomic E-state index is 12.6. The van der Waals surface area contributed by atoms with Crippen molar-refractivity contribution in [3.8, 4) is 6.07 Å². The van der Waals surface area contributed by atoms with Gasteiger partial charge < -0.3 is 4.90 Å². The molecular formula is C16H23N3O2S. The summed E-state index contributed by atoms with van der Waals surface area (Å²) in [7, 11) is 0.0138. The van der Waals surface area contributed by atoms with Gasteiger partial charge in [-0.15, -0.1) is 0 Å². The minimum Gasteiger partial charge on any atom is -0.302 e. The molecule has 1 aliphatic rings. The van der Waals surface area contributed by atoms with E-state index in [0.29, 0.717) is 19.1 Å². The molecule has 0 amide bonds. The van der Waals surface area contributed by atoms with Gasteiger partial charge in [-0.3, -0.25) is 0 Å². The third-order valence-corrected chi connectivity index (χ3v) is 6.33. The van der Waals surface area contributed by atoms with E-state index < -0.39 is 10.0 Å². The number of sulfonamides is 1. The van der Waals surface area contributed by atoms with Crippen molar-refractivity contribution in [2.75, 3.05) is 27.2 Å². The summed E-state index contributed by atoms with van der Waals surface area (Å²) in [4.78, 5) is 2.33. The van der Waals surface area contributed by atoms with Gasteiger partial charge in [-0.1, -0.05) is 25.0 Å². The van der Waals surface area contributed by atoms with Crippen LogP contribution in [0.25, 0.3) is 0 Å². The zero-order valence-corrected chi connectivity index (χ0v) is 14.0. The van der Waals surface area contributed by atoms with Gasteiger partial charge in [0, 0.05) is 26.2 Å². The van der Waals surface area contributed by atoms with Gasteiger partial charge >= 0.3 is 0 Å². The quantitative estimate of drug-likeness (QED) is 0.804. The van der Waals surface area contributed by atoms with Crippen molar-refractivity contribution >= 4 is 10.0 Å². The molecule has 0 atom stereocenters. The van der Waals surface area contributed by atoms with Crippen LogP contribution in [0.1, 0.15) is 31.2 Å². The van der Waals surface area contributed by atoms with Crippen LogP contribution >= 0.6 is 0 Å². The number of hydrogen-bond acceptors (Lipinski definition) is 4. The van der Waals surface area contributed by atoms with Crippen molar-refractivity contribution in [2.45, 2.75) is 36.6 Å². The minimum absolute atomic E-state index is 0.0866. The molecule has 22 heavy (non-hydrogen) atoms. The summed E-state index contributed by atoms with van der Waals surface area (Å²) in [5.41, 5.74) is 0.193. The fraction of sp³-hybridized carbons (Fsp3) is 0.562. The van der Waals surface area contributed by atoms with E-state index in [1.54, 1.807) is 19.2 Å². The second-order valence-electron chi connectivity index (χ2n) is 5.85. The van der Waals surface area contributed by atoms with Crippen LogP contribution in [-0.4, -0.2) is 50.8 Å². The molecule has 1 aromatic rings. The molecule has 1 aromatic carbocycles. The highest BCUT2D eigenvalue weighted by Gasteiger charge is 2.25. The summed E-state index contributed by atoms with van der Waals surface area (Å²) >= 11 is 0. The van der Waals surface area contributed by atoms with Crippen LogP contribution in [0.15, 0.2) is 29.2 Å². The number of rotatable bonds is 6. The van der Waals surface area contributed by atoms with Crippen molar-refractivity contribution in [2.24, 2.45) is 0 Å². The monoisotopic (exact) mass is 321 g/mol. The molecule has 0 aliphatic heterocycles. The highest BCUT2D eigenvalue weighted by Crippen LogP contribution is 2.23. The summed E-state index contributed by atoms with van der Waals surface area (Å²) in [6.45, 7) is 1.13. The van der Waals surface area contributed by atoms with Crippen LogP contribution in [0.4, 0.5) is 0 Å². The molecular weight excluding hydrogens is 298 g/mol. The van der Waals surface area contributed by atoms with E-state index in [9.17, 15) is 8.42 Å². The lowest BCUT2D eigenvalue weighted by Crippen LogP contribution is -2.38. The molecule has 0 saturated heterocycles. The van der Waals surface area contributed by atoms with Crippen LogP contribution in [-0.2, 0) is 10.0 Å². The first-order valence-corrected chi connectivity index (χ1v) is 9.06. The molecule has 120 valence electrons. The van der Waals surface area contributed by atoms with Crippen LogP contribution in [0.3, 0.4) is 0 Å². The second kappa shape index (κ2) is 7.23. The molecule has 0 aromatic heterocycles. The first-order valence-electron chi connectivity index (χ1n) is 7.62. The summed E-state index contributed by atoms with van der Waals surface area (Å²) in [5, 5.41) is 9.08. The summed E-state index contributed by atoms with van der Waals surface area (Å²) in [6, 6.07) is 8.86. The zero-order chi connectivity index (χ0) is 16.2. The lowest BCUT2D eigenvalue weighted by molar-refractivity contribution is 0.233. The fourth-order valence-corrected chi connectivity index (χ4v) is 4.20. The van der Waals surface area contributed by atoms with Gasteiger partial charge in [0.1, 0.15) is 6.07 Å². The molecule has 0 N–H and O–H groups in total. The Labute approximate surface area is 133 Å². The molecule has 1 fully saturated rings. The lowest BCUT2D eigenvalue weighted by Gasteiger charge is -2.26. The van der Waals surface area contributed by atoms with Gasteiger partial charge in [0.2, 0.25) is 10.0 Å². The lowest BCUT2D eigenvalue weighted by atomic mass is 10.2. The van der Waals surface area contributed by atoms with E-state index in [1.807, 2.05) is 6.07 Å². The van der Waals surface area contributed by atoms with Gasteiger partial charge in [0.05, 0.1) is 10.5 Å². The maximum Gasteiger partial charge on any atom is 0.244 e. The number of likely N-dealkylation sites (N-methyl/N-ethyl adjacent to an activating group) is 2. The van der Waals surface area contributed by atoms with Crippen molar-refractivity contribution < 1.29 is 8.42 Å². The Balaban J connectivity index is 2.04. The van der Waals surface area contributed by atoms with Crippen molar-refractivity contribution in [1.29, 1.82) is 5.26 Å². The Bertz CT molecular complexity index is 646. The van der Waals surface area contributed by atoms with Gasteiger partial charge in [0.15, 0.2) is 0 Å². The van der Waals surface area contributed by atoms with E-state index in [4.69, 9.17) is 5.26 Å². The Morgan fingerprint density at radius 1 is 1.18 bits per heavy atom. The van der Waals surface area contributed by atoms with Crippen LogP contribution in [0.5, 0.6) is 0 Å². The summed E-state index contributed by atoms with van der Waals surface area (Å²) in [5.74, 6) is 0. The zero-order valence-electron chi connectivity index (χ0n) is 13.2. The highest BCUT2D eigenvalue weighted by molar-refractivity contribution is 7.89. The highest BCUT2D eigenvalue weighted by atomic mass is 32.2. The van der Waals surface area contributed by atoms with Gasteiger partial charge in [0.25, 0.3) is 0 Å². The molecule has 0 unspecified atom stereocenters. The number of nitrogens with zero attached hydrogens (tertiary/aromatic N) is 3. The molecule has 0 radical (unpaired) electrons. The Hall–Kier alpha value is -1.42. The predicted octanol–water partition coefficient (Wildman–Crippen LogP) is 2.05. The topological polar surface area (TPSA) is 64.4 Å². The van der Waals surface area contributed by atoms with E-state index in [1.165, 1.54) is 42.1 Å². The third-order valence-electron chi connectivity index (χ3n) is 4.41. The first kappa shape index (κ1) is 16.9. The molecule has 6 heteroatoms.